The standard InChI is InChI=1S/C18H17N5O4S/c1-10-8-13(9-16(17(24)25)28-18-19-12(3)20-21-18)11(2)22(10)14-4-6-15(7-5-14)23(26)27/h4-9H,1-3H3,(H,24,25)(H,19,20,21)/b16-9-. The van der Waals surface area contributed by atoms with E-state index in [1.807, 2.05) is 24.5 Å². The van der Waals surface area contributed by atoms with Crippen LogP contribution in [0.4, 0.5) is 5.69 Å². The largest absolute Gasteiger partial charge is 0.477 e. The minimum Gasteiger partial charge on any atom is -0.477 e. The van der Waals surface area contributed by atoms with Gasteiger partial charge in [-0.2, -0.15) is 0 Å². The fraction of sp³-hybridized carbons (Fsp3) is 0.167. The summed E-state index contributed by atoms with van der Waals surface area (Å²) in [6.45, 7) is 5.48. The molecule has 3 aromatic rings. The minimum atomic E-state index is -1.08. The number of nitrogens with zero attached hydrogens (tertiary/aromatic N) is 4. The van der Waals surface area contributed by atoms with Crippen molar-refractivity contribution in [3.63, 3.8) is 0 Å². The van der Waals surface area contributed by atoms with Crippen LogP contribution >= 0.6 is 11.8 Å². The molecule has 0 unspecified atom stereocenters. The number of hydrogen-bond acceptors (Lipinski definition) is 6. The van der Waals surface area contributed by atoms with Crippen molar-refractivity contribution < 1.29 is 14.8 Å². The third-order valence-electron chi connectivity index (χ3n) is 4.06. The van der Waals surface area contributed by atoms with Gasteiger partial charge in [0.15, 0.2) is 0 Å². The number of nitro groups is 1. The minimum absolute atomic E-state index is 0.0118. The lowest BCUT2D eigenvalue weighted by Gasteiger charge is -2.09. The molecular weight excluding hydrogens is 382 g/mol. The van der Waals surface area contributed by atoms with Gasteiger partial charge in [0.25, 0.3) is 5.69 Å². The highest BCUT2D eigenvalue weighted by Gasteiger charge is 2.16. The van der Waals surface area contributed by atoms with Gasteiger partial charge < -0.3 is 9.67 Å². The summed E-state index contributed by atoms with van der Waals surface area (Å²) in [6.07, 6.45) is 1.57. The van der Waals surface area contributed by atoms with Crippen molar-refractivity contribution >= 4 is 29.5 Å². The summed E-state index contributed by atoms with van der Waals surface area (Å²) in [7, 11) is 0. The van der Waals surface area contributed by atoms with E-state index in [1.165, 1.54) is 12.1 Å². The van der Waals surface area contributed by atoms with Crippen molar-refractivity contribution in [3.05, 3.63) is 68.1 Å². The molecule has 2 aromatic heterocycles. The molecule has 2 N–H and O–H groups in total. The molecule has 0 spiro atoms. The number of aryl methyl sites for hydroxylation is 2. The molecular formula is C18H17N5O4S. The quantitative estimate of drug-likeness (QED) is 0.280. The third kappa shape index (κ3) is 3.96. The summed E-state index contributed by atoms with van der Waals surface area (Å²) >= 11 is 0.961. The Bertz CT molecular complexity index is 1080. The van der Waals surface area contributed by atoms with Crippen LogP contribution in [0.25, 0.3) is 11.8 Å². The molecule has 1 aromatic carbocycles. The smallest absolute Gasteiger partial charge is 0.342 e. The first-order valence-electron chi connectivity index (χ1n) is 8.22. The first-order valence-corrected chi connectivity index (χ1v) is 9.03. The van der Waals surface area contributed by atoms with E-state index in [0.29, 0.717) is 11.0 Å². The third-order valence-corrected chi connectivity index (χ3v) is 4.94. The van der Waals surface area contributed by atoms with Crippen LogP contribution in [-0.4, -0.2) is 35.7 Å². The number of nitro benzene ring substituents is 1. The highest BCUT2D eigenvalue weighted by molar-refractivity contribution is 8.04. The van der Waals surface area contributed by atoms with Crippen LogP contribution in [0.3, 0.4) is 0 Å². The molecule has 9 nitrogen and oxygen atoms in total. The SMILES string of the molecule is Cc1nc(S/C(=C\c2cc(C)n(-c3ccc([N+](=O)[O-])cc3)c2C)C(=O)O)n[nH]1. The zero-order valence-electron chi connectivity index (χ0n) is 15.3. The Labute approximate surface area is 164 Å². The summed E-state index contributed by atoms with van der Waals surface area (Å²) in [4.78, 5) is 26.3. The predicted molar refractivity (Wildman–Crippen MR) is 104 cm³/mol. The number of H-pyrrole nitrogens is 1. The van der Waals surface area contributed by atoms with Crippen molar-refractivity contribution in [2.24, 2.45) is 0 Å². The van der Waals surface area contributed by atoms with Crippen molar-refractivity contribution in [3.8, 4) is 5.69 Å². The maximum absolute atomic E-state index is 11.7. The number of aliphatic carboxylic acids is 1. The molecule has 0 amide bonds. The van der Waals surface area contributed by atoms with Crippen molar-refractivity contribution in [1.82, 2.24) is 19.7 Å². The summed E-state index contributed by atoms with van der Waals surface area (Å²) in [5.74, 6) is -0.476. The number of hydrogen-bond donors (Lipinski definition) is 2. The number of carbonyl (C=O) groups is 1. The molecule has 0 aliphatic rings. The van der Waals surface area contributed by atoms with Gasteiger partial charge >= 0.3 is 5.97 Å². The zero-order chi connectivity index (χ0) is 20.4. The molecule has 0 radical (unpaired) electrons. The summed E-state index contributed by atoms with van der Waals surface area (Å²) < 4.78 is 1.91. The van der Waals surface area contributed by atoms with Gasteiger partial charge in [0.1, 0.15) is 10.7 Å². The predicted octanol–water partition coefficient (Wildman–Crippen LogP) is 3.65. The summed E-state index contributed by atoms with van der Waals surface area (Å²) in [6, 6.07) is 8.06. The summed E-state index contributed by atoms with van der Waals surface area (Å²) in [5.41, 5.74) is 3.19. The van der Waals surface area contributed by atoms with Gasteiger partial charge in [-0.1, -0.05) is 0 Å². The zero-order valence-corrected chi connectivity index (χ0v) is 16.1. The molecule has 28 heavy (non-hydrogen) atoms. The average molecular weight is 399 g/mol. The second-order valence-corrected chi connectivity index (χ2v) is 7.06. The lowest BCUT2D eigenvalue weighted by Crippen LogP contribution is -2.00. The number of aromatic nitrogens is 4. The summed E-state index contributed by atoms with van der Waals surface area (Å²) in [5, 5.41) is 27.4. The number of rotatable bonds is 6. The van der Waals surface area contributed by atoms with Crippen LogP contribution in [0.15, 0.2) is 40.4 Å². The van der Waals surface area contributed by atoms with Crippen LogP contribution in [0.1, 0.15) is 22.8 Å². The highest BCUT2D eigenvalue weighted by Crippen LogP contribution is 2.29. The molecule has 0 saturated heterocycles. The number of carboxylic acids is 1. The Morgan fingerprint density at radius 1 is 1.29 bits per heavy atom. The van der Waals surface area contributed by atoms with E-state index in [2.05, 4.69) is 15.2 Å². The molecule has 0 aliphatic heterocycles. The number of nitrogens with one attached hydrogen (secondary N) is 1. The van der Waals surface area contributed by atoms with E-state index < -0.39 is 10.9 Å². The van der Waals surface area contributed by atoms with Gasteiger partial charge in [0, 0.05) is 29.2 Å². The number of carboxylic acid groups (broad SMARTS) is 1. The van der Waals surface area contributed by atoms with Gasteiger partial charge in [-0.05, 0) is 62.4 Å². The molecule has 10 heteroatoms. The Kier molecular flexibility index (Phi) is 5.32. The van der Waals surface area contributed by atoms with Crippen LogP contribution in [0.2, 0.25) is 0 Å². The first-order chi connectivity index (χ1) is 13.3. The molecule has 3 rings (SSSR count). The van der Waals surface area contributed by atoms with Gasteiger partial charge in [-0.25, -0.2) is 9.78 Å². The van der Waals surface area contributed by atoms with Crippen LogP contribution in [-0.2, 0) is 4.79 Å². The molecule has 0 fully saturated rings. The van der Waals surface area contributed by atoms with Crippen molar-refractivity contribution in [2.45, 2.75) is 25.9 Å². The van der Waals surface area contributed by atoms with Crippen LogP contribution in [0, 0.1) is 30.9 Å². The fourth-order valence-corrected chi connectivity index (χ4v) is 3.54. The van der Waals surface area contributed by atoms with E-state index in [-0.39, 0.29) is 10.6 Å². The fourth-order valence-electron chi connectivity index (χ4n) is 2.80. The van der Waals surface area contributed by atoms with Crippen molar-refractivity contribution in [1.29, 1.82) is 0 Å². The second-order valence-electron chi connectivity index (χ2n) is 6.05. The topological polar surface area (TPSA) is 127 Å². The van der Waals surface area contributed by atoms with Gasteiger partial charge in [0.2, 0.25) is 5.16 Å². The molecule has 0 bridgehead atoms. The maximum atomic E-state index is 11.7. The molecule has 0 atom stereocenters. The molecule has 2 heterocycles. The van der Waals surface area contributed by atoms with Crippen LogP contribution in [0.5, 0.6) is 0 Å². The second kappa shape index (κ2) is 7.69. The Morgan fingerprint density at radius 2 is 1.96 bits per heavy atom. The van der Waals surface area contributed by atoms with E-state index in [9.17, 15) is 20.0 Å². The van der Waals surface area contributed by atoms with E-state index in [4.69, 9.17) is 0 Å². The normalized spacial score (nSPS) is 11.6. The van der Waals surface area contributed by atoms with Gasteiger partial charge in [-0.15, -0.1) is 5.10 Å². The van der Waals surface area contributed by atoms with E-state index >= 15 is 0 Å². The van der Waals surface area contributed by atoms with Gasteiger partial charge in [-0.3, -0.25) is 15.2 Å². The number of thioether (sulfide) groups is 1. The number of benzene rings is 1. The van der Waals surface area contributed by atoms with Crippen LogP contribution < -0.4 is 0 Å². The lowest BCUT2D eigenvalue weighted by atomic mass is 10.2. The Balaban J connectivity index is 1.98. The molecule has 144 valence electrons. The Hall–Kier alpha value is -3.40. The average Bonchev–Trinajstić information content (AvgIpc) is 3.17. The van der Waals surface area contributed by atoms with Crippen molar-refractivity contribution in [2.75, 3.05) is 0 Å². The molecule has 0 saturated carbocycles. The first kappa shape index (κ1) is 19.4. The highest BCUT2D eigenvalue weighted by atomic mass is 32.2. The van der Waals surface area contributed by atoms with Gasteiger partial charge in [0.05, 0.1) is 4.92 Å². The number of non-ortho nitro benzene ring substituents is 1. The molecule has 0 aliphatic carbocycles. The monoisotopic (exact) mass is 399 g/mol. The maximum Gasteiger partial charge on any atom is 0.342 e. The van der Waals surface area contributed by atoms with E-state index in [0.717, 1.165) is 34.4 Å². The number of aromatic amines is 1. The Morgan fingerprint density at radius 3 is 2.50 bits per heavy atom. The van der Waals surface area contributed by atoms with E-state index in [1.54, 1.807) is 25.1 Å². The lowest BCUT2D eigenvalue weighted by molar-refractivity contribution is -0.384.